The number of hydrogen-bond acceptors (Lipinski definition) is 5. The van der Waals surface area contributed by atoms with Gasteiger partial charge in [-0.2, -0.15) is 0 Å². The van der Waals surface area contributed by atoms with Crippen LogP contribution in [0.2, 0.25) is 0 Å². The number of carbonyl (C=O) groups is 1. The summed E-state index contributed by atoms with van der Waals surface area (Å²) in [5.41, 5.74) is 2.07. The summed E-state index contributed by atoms with van der Waals surface area (Å²) >= 11 is 0. The van der Waals surface area contributed by atoms with Crippen molar-refractivity contribution in [3.63, 3.8) is 0 Å². The highest BCUT2D eigenvalue weighted by Crippen LogP contribution is 2.28. The highest BCUT2D eigenvalue weighted by atomic mass is 16.5. The van der Waals surface area contributed by atoms with Gasteiger partial charge in [-0.05, 0) is 45.2 Å². The number of aromatic nitrogens is 2. The van der Waals surface area contributed by atoms with Gasteiger partial charge in [0.05, 0.1) is 12.0 Å². The summed E-state index contributed by atoms with van der Waals surface area (Å²) in [6.45, 7) is 7.33. The van der Waals surface area contributed by atoms with E-state index < -0.39 is 11.5 Å². The minimum atomic E-state index is -0.613. The van der Waals surface area contributed by atoms with Crippen molar-refractivity contribution in [1.82, 2.24) is 14.9 Å². The number of nitrogens with one attached hydrogen (secondary N) is 1. The lowest BCUT2D eigenvalue weighted by Gasteiger charge is -2.11. The molecule has 25 heavy (non-hydrogen) atoms. The molecule has 134 valence electrons. The maximum Gasteiger partial charge on any atom is 0.349 e. The lowest BCUT2D eigenvalue weighted by molar-refractivity contribution is 0.0883. The number of carbonyl (C=O) groups excluding carboxylic acids is 1. The molecule has 7 heteroatoms. The smallest absolute Gasteiger partial charge is 0.349 e. The second-order valence-corrected chi connectivity index (χ2v) is 6.36. The summed E-state index contributed by atoms with van der Waals surface area (Å²) in [6.07, 6.45) is 3.34. The molecule has 0 spiro atoms. The van der Waals surface area contributed by atoms with Crippen LogP contribution in [0.4, 0.5) is 0 Å². The quantitative estimate of drug-likeness (QED) is 0.896. The average Bonchev–Trinajstić information content (AvgIpc) is 3.20. The van der Waals surface area contributed by atoms with Crippen molar-refractivity contribution in [3.8, 4) is 0 Å². The average molecular weight is 345 g/mol. The zero-order chi connectivity index (χ0) is 18.0. The number of hydrogen-bond donors (Lipinski definition) is 1. The molecule has 0 radical (unpaired) electrons. The molecule has 1 atom stereocenters. The molecule has 1 fully saturated rings. The van der Waals surface area contributed by atoms with Crippen molar-refractivity contribution < 1.29 is 13.9 Å². The first-order chi connectivity index (χ1) is 12.0. The van der Waals surface area contributed by atoms with Crippen LogP contribution < -0.4 is 10.9 Å². The minimum Gasteiger partial charge on any atom is -0.424 e. The largest absolute Gasteiger partial charge is 0.424 e. The van der Waals surface area contributed by atoms with Crippen LogP contribution in [-0.4, -0.2) is 28.6 Å². The molecule has 7 nitrogen and oxygen atoms in total. The van der Waals surface area contributed by atoms with Crippen LogP contribution in [0.25, 0.3) is 0 Å². The Morgan fingerprint density at radius 1 is 1.40 bits per heavy atom. The number of imidazole rings is 1. The lowest BCUT2D eigenvalue weighted by atomic mass is 10.1. The molecule has 1 aliphatic rings. The first-order valence-electron chi connectivity index (χ1n) is 8.50. The Labute approximate surface area is 146 Å². The molecule has 0 saturated carbocycles. The predicted molar refractivity (Wildman–Crippen MR) is 91.7 cm³/mol. The first-order valence-corrected chi connectivity index (χ1v) is 8.50. The second kappa shape index (κ2) is 7.23. The van der Waals surface area contributed by atoms with Gasteiger partial charge in [0.25, 0.3) is 5.91 Å². The van der Waals surface area contributed by atoms with E-state index >= 15 is 0 Å². The summed E-state index contributed by atoms with van der Waals surface area (Å²) in [5.74, 6) is 0.0840. The molecule has 1 saturated heterocycles. The van der Waals surface area contributed by atoms with Crippen molar-refractivity contribution in [1.29, 1.82) is 0 Å². The Morgan fingerprint density at radius 2 is 2.20 bits per heavy atom. The molecule has 3 heterocycles. The van der Waals surface area contributed by atoms with Gasteiger partial charge in [0, 0.05) is 25.4 Å². The summed E-state index contributed by atoms with van der Waals surface area (Å²) in [5, 5.41) is 2.78. The van der Waals surface area contributed by atoms with E-state index in [1.807, 2.05) is 18.4 Å². The Bertz CT molecular complexity index is 831. The summed E-state index contributed by atoms with van der Waals surface area (Å²) in [7, 11) is 0. The lowest BCUT2D eigenvalue weighted by Crippen LogP contribution is -2.32. The van der Waals surface area contributed by atoms with Crippen LogP contribution in [0.5, 0.6) is 0 Å². The summed E-state index contributed by atoms with van der Waals surface area (Å²) < 4.78 is 12.8. The van der Waals surface area contributed by atoms with Crippen LogP contribution in [0.15, 0.2) is 21.6 Å². The normalized spacial score (nSPS) is 17.0. The third-order valence-electron chi connectivity index (χ3n) is 4.63. The molecule has 1 unspecified atom stereocenters. The third kappa shape index (κ3) is 3.66. The number of aryl methyl sites for hydroxylation is 2. The molecule has 3 rings (SSSR count). The van der Waals surface area contributed by atoms with E-state index in [2.05, 4.69) is 10.3 Å². The van der Waals surface area contributed by atoms with Crippen molar-refractivity contribution in [2.45, 2.75) is 46.3 Å². The van der Waals surface area contributed by atoms with Gasteiger partial charge in [-0.15, -0.1) is 0 Å². The maximum absolute atomic E-state index is 12.4. The van der Waals surface area contributed by atoms with E-state index in [-0.39, 0.29) is 11.7 Å². The fourth-order valence-corrected chi connectivity index (χ4v) is 3.01. The molecule has 0 aliphatic carbocycles. The number of rotatable bonds is 5. The molecule has 1 N–H and O–H groups in total. The van der Waals surface area contributed by atoms with E-state index in [1.165, 1.54) is 0 Å². The van der Waals surface area contributed by atoms with E-state index in [0.29, 0.717) is 31.0 Å². The fraction of sp³-hybridized carbons (Fsp3) is 0.500. The zero-order valence-corrected chi connectivity index (χ0v) is 14.8. The van der Waals surface area contributed by atoms with Crippen LogP contribution >= 0.6 is 0 Å². The molecule has 0 bridgehead atoms. The van der Waals surface area contributed by atoms with Gasteiger partial charge in [0.15, 0.2) is 0 Å². The molecule has 1 amide bonds. The van der Waals surface area contributed by atoms with Crippen LogP contribution in [0, 0.1) is 20.8 Å². The molecule has 2 aromatic rings. The fourth-order valence-electron chi connectivity index (χ4n) is 3.01. The first kappa shape index (κ1) is 17.4. The minimum absolute atomic E-state index is 0.0558. The Morgan fingerprint density at radius 3 is 2.80 bits per heavy atom. The van der Waals surface area contributed by atoms with Gasteiger partial charge in [0.1, 0.15) is 17.4 Å². The predicted octanol–water partition coefficient (Wildman–Crippen LogP) is 2.04. The summed E-state index contributed by atoms with van der Waals surface area (Å²) in [4.78, 5) is 28.8. The highest BCUT2D eigenvalue weighted by molar-refractivity contribution is 5.95. The van der Waals surface area contributed by atoms with Crippen molar-refractivity contribution in [3.05, 3.63) is 51.1 Å². The molecular weight excluding hydrogens is 322 g/mol. The standard InChI is InChI=1S/C18H23N3O4/c1-11-9-15(14-5-4-8-24-14)25-18(23)16(11)17(22)19-6-7-21-10-20-12(2)13(21)3/h9-10,14H,4-8H2,1-3H3,(H,19,22). The van der Waals surface area contributed by atoms with Gasteiger partial charge < -0.3 is 19.0 Å². The van der Waals surface area contributed by atoms with Gasteiger partial charge in [0.2, 0.25) is 0 Å². The number of nitrogens with zero attached hydrogens (tertiary/aromatic N) is 2. The van der Waals surface area contributed by atoms with Crippen molar-refractivity contribution in [2.75, 3.05) is 13.2 Å². The van der Waals surface area contributed by atoms with E-state index in [9.17, 15) is 9.59 Å². The zero-order valence-electron chi connectivity index (χ0n) is 14.8. The Balaban J connectivity index is 1.67. The Kier molecular flexibility index (Phi) is 5.03. The van der Waals surface area contributed by atoms with Gasteiger partial charge in [-0.25, -0.2) is 9.78 Å². The SMILES string of the molecule is Cc1cc(C2CCCO2)oc(=O)c1C(=O)NCCn1cnc(C)c1C. The Hall–Kier alpha value is -2.41. The van der Waals surface area contributed by atoms with Gasteiger partial charge in [-0.1, -0.05) is 0 Å². The molecular formula is C18H23N3O4. The second-order valence-electron chi connectivity index (χ2n) is 6.36. The molecule has 1 aliphatic heterocycles. The van der Waals surface area contributed by atoms with Crippen molar-refractivity contribution in [2.24, 2.45) is 0 Å². The topological polar surface area (TPSA) is 86.4 Å². The maximum atomic E-state index is 12.4. The number of amides is 1. The van der Waals surface area contributed by atoms with E-state index in [0.717, 1.165) is 24.2 Å². The highest BCUT2D eigenvalue weighted by Gasteiger charge is 2.24. The van der Waals surface area contributed by atoms with Crippen LogP contribution in [0.3, 0.4) is 0 Å². The third-order valence-corrected chi connectivity index (χ3v) is 4.63. The van der Waals surface area contributed by atoms with Crippen molar-refractivity contribution >= 4 is 5.91 Å². The van der Waals surface area contributed by atoms with Gasteiger partial charge in [-0.3, -0.25) is 4.79 Å². The van der Waals surface area contributed by atoms with E-state index in [4.69, 9.17) is 9.15 Å². The monoisotopic (exact) mass is 345 g/mol. The van der Waals surface area contributed by atoms with Gasteiger partial charge >= 0.3 is 5.63 Å². The molecule has 2 aromatic heterocycles. The molecule has 0 aromatic carbocycles. The van der Waals surface area contributed by atoms with Crippen LogP contribution in [0.1, 0.15) is 52.0 Å². The van der Waals surface area contributed by atoms with Crippen LogP contribution in [-0.2, 0) is 11.3 Å². The van der Waals surface area contributed by atoms with E-state index in [1.54, 1.807) is 19.3 Å². The summed E-state index contributed by atoms with van der Waals surface area (Å²) in [6, 6.07) is 1.73. The number of ether oxygens (including phenoxy) is 1.